The molecule has 1 atom stereocenters. The number of anilines is 1. The normalized spacial score (nSPS) is 16.4. The first-order valence-electron chi connectivity index (χ1n) is 10.4. The van der Waals surface area contributed by atoms with E-state index in [0.717, 1.165) is 25.3 Å². The highest BCUT2D eigenvalue weighted by Gasteiger charge is 2.27. The minimum Gasteiger partial charge on any atom is -0.449 e. The van der Waals surface area contributed by atoms with Crippen LogP contribution in [0.2, 0.25) is 0 Å². The van der Waals surface area contributed by atoms with Gasteiger partial charge in [-0.1, -0.05) is 0 Å². The summed E-state index contributed by atoms with van der Waals surface area (Å²) in [5, 5.41) is 21.4. The van der Waals surface area contributed by atoms with Crippen LogP contribution < -0.4 is 15.0 Å². The number of hydrogen-bond donors (Lipinski definition) is 2. The minimum atomic E-state index is -1.45. The standard InChI is InChI=1S/C22H26N6O4/c1-13-23-11-18(31-13)14-9-17(32-21(29)30)20(24-10-14)16-5-6-19(27-26-16)28-8-7-15(12-28)25-22(2,3)4/h5-6,9-11,15,25H,7-8,12H2,1-4H3,(H,29,30)/t15-/m1/s1. The monoisotopic (exact) mass is 438 g/mol. The maximum atomic E-state index is 11.2. The SMILES string of the molecule is Cc1ncc(-c2cnc(-c3ccc(N4CC[C@@H](NC(C)(C)C)C4)nn3)c(OC(=O)O)c2)o1. The van der Waals surface area contributed by atoms with Crippen LogP contribution in [0.4, 0.5) is 10.6 Å². The van der Waals surface area contributed by atoms with Crippen molar-refractivity contribution in [3.63, 3.8) is 0 Å². The van der Waals surface area contributed by atoms with Gasteiger partial charge in [-0.05, 0) is 45.4 Å². The number of nitrogens with one attached hydrogen (secondary N) is 1. The molecule has 0 radical (unpaired) electrons. The maximum Gasteiger partial charge on any atom is 0.511 e. The lowest BCUT2D eigenvalue weighted by Crippen LogP contribution is -2.45. The molecule has 0 spiro atoms. The molecule has 1 aliphatic rings. The molecular formula is C22H26N6O4. The van der Waals surface area contributed by atoms with Crippen molar-refractivity contribution in [2.24, 2.45) is 0 Å². The van der Waals surface area contributed by atoms with E-state index in [9.17, 15) is 4.79 Å². The van der Waals surface area contributed by atoms with E-state index < -0.39 is 6.16 Å². The fourth-order valence-corrected chi connectivity index (χ4v) is 3.76. The summed E-state index contributed by atoms with van der Waals surface area (Å²) in [6.07, 6.45) is 2.69. The van der Waals surface area contributed by atoms with Crippen molar-refractivity contribution in [3.05, 3.63) is 36.5 Å². The van der Waals surface area contributed by atoms with Gasteiger partial charge in [-0.2, -0.15) is 0 Å². The van der Waals surface area contributed by atoms with E-state index in [-0.39, 0.29) is 17.0 Å². The molecule has 4 rings (SSSR count). The predicted octanol–water partition coefficient (Wildman–Crippen LogP) is 3.53. The van der Waals surface area contributed by atoms with Crippen LogP contribution in [0.1, 0.15) is 33.1 Å². The lowest BCUT2D eigenvalue weighted by Gasteiger charge is -2.26. The average molecular weight is 438 g/mol. The number of pyridine rings is 1. The summed E-state index contributed by atoms with van der Waals surface area (Å²) >= 11 is 0. The Morgan fingerprint density at radius 1 is 1.25 bits per heavy atom. The molecule has 0 saturated carbocycles. The summed E-state index contributed by atoms with van der Waals surface area (Å²) < 4.78 is 10.5. The second-order valence-corrected chi connectivity index (χ2v) is 8.78. The summed E-state index contributed by atoms with van der Waals surface area (Å²) in [4.78, 5) is 21.8. The smallest absolute Gasteiger partial charge is 0.449 e. The lowest BCUT2D eigenvalue weighted by atomic mass is 10.1. The molecule has 168 valence electrons. The minimum absolute atomic E-state index is 0.0433. The van der Waals surface area contributed by atoms with Gasteiger partial charge in [-0.15, -0.1) is 10.2 Å². The molecule has 0 aromatic carbocycles. The van der Waals surface area contributed by atoms with Gasteiger partial charge in [0.25, 0.3) is 0 Å². The van der Waals surface area contributed by atoms with Crippen molar-refractivity contribution in [2.75, 3.05) is 18.0 Å². The second-order valence-electron chi connectivity index (χ2n) is 8.78. The molecular weight excluding hydrogens is 412 g/mol. The van der Waals surface area contributed by atoms with E-state index in [1.54, 1.807) is 25.4 Å². The summed E-state index contributed by atoms with van der Waals surface area (Å²) in [5.41, 5.74) is 1.29. The van der Waals surface area contributed by atoms with Crippen molar-refractivity contribution < 1.29 is 19.1 Å². The molecule has 1 saturated heterocycles. The van der Waals surface area contributed by atoms with E-state index in [0.29, 0.717) is 29.0 Å². The molecule has 0 amide bonds. The quantitative estimate of drug-likeness (QED) is 0.571. The third-order valence-electron chi connectivity index (χ3n) is 5.00. The van der Waals surface area contributed by atoms with Gasteiger partial charge in [0.05, 0.1) is 6.20 Å². The highest BCUT2D eigenvalue weighted by molar-refractivity contribution is 5.73. The van der Waals surface area contributed by atoms with Gasteiger partial charge in [-0.25, -0.2) is 14.8 Å². The number of oxazole rings is 1. The molecule has 3 aromatic rings. The van der Waals surface area contributed by atoms with Crippen LogP contribution in [0.25, 0.3) is 22.7 Å². The Kier molecular flexibility index (Phi) is 5.79. The van der Waals surface area contributed by atoms with Crippen molar-refractivity contribution >= 4 is 12.0 Å². The predicted molar refractivity (Wildman–Crippen MR) is 118 cm³/mol. The van der Waals surface area contributed by atoms with Crippen LogP contribution in [0, 0.1) is 6.92 Å². The van der Waals surface area contributed by atoms with Gasteiger partial charge in [-0.3, -0.25) is 0 Å². The van der Waals surface area contributed by atoms with Gasteiger partial charge in [0, 0.05) is 43.4 Å². The van der Waals surface area contributed by atoms with Gasteiger partial charge in [0.15, 0.2) is 23.2 Å². The highest BCUT2D eigenvalue weighted by atomic mass is 16.7. The third-order valence-corrected chi connectivity index (χ3v) is 5.00. The fourth-order valence-electron chi connectivity index (χ4n) is 3.76. The fraction of sp³-hybridized carbons (Fsp3) is 0.409. The molecule has 1 fully saturated rings. The Morgan fingerprint density at radius 3 is 2.69 bits per heavy atom. The zero-order chi connectivity index (χ0) is 22.9. The number of aryl methyl sites for hydroxylation is 1. The van der Waals surface area contributed by atoms with Crippen LogP contribution >= 0.6 is 0 Å². The number of rotatable bonds is 5. The number of hydrogen-bond acceptors (Lipinski definition) is 9. The average Bonchev–Trinajstić information content (AvgIpc) is 3.35. The van der Waals surface area contributed by atoms with Crippen molar-refractivity contribution in [1.29, 1.82) is 0 Å². The summed E-state index contributed by atoms with van der Waals surface area (Å²) in [6, 6.07) is 5.56. The first-order chi connectivity index (χ1) is 15.2. The molecule has 4 heterocycles. The van der Waals surface area contributed by atoms with E-state index >= 15 is 0 Å². The van der Waals surface area contributed by atoms with E-state index in [1.807, 2.05) is 6.07 Å². The van der Waals surface area contributed by atoms with Crippen LogP contribution in [0.5, 0.6) is 5.75 Å². The lowest BCUT2D eigenvalue weighted by molar-refractivity contribution is 0.144. The zero-order valence-corrected chi connectivity index (χ0v) is 18.5. The van der Waals surface area contributed by atoms with Crippen molar-refractivity contribution in [3.8, 4) is 28.5 Å². The van der Waals surface area contributed by atoms with Crippen molar-refractivity contribution in [2.45, 2.75) is 45.7 Å². The number of ether oxygens (including phenoxy) is 1. The van der Waals surface area contributed by atoms with E-state index in [1.165, 1.54) is 6.07 Å². The second kappa shape index (κ2) is 8.54. The van der Waals surface area contributed by atoms with Gasteiger partial charge < -0.3 is 24.5 Å². The molecule has 10 nitrogen and oxygen atoms in total. The number of carboxylic acid groups (broad SMARTS) is 1. The van der Waals surface area contributed by atoms with Crippen LogP contribution in [-0.4, -0.2) is 56.1 Å². The Hall–Kier alpha value is -3.53. The Morgan fingerprint density at radius 2 is 2.06 bits per heavy atom. The van der Waals surface area contributed by atoms with Gasteiger partial charge in [0.2, 0.25) is 0 Å². The molecule has 0 bridgehead atoms. The van der Waals surface area contributed by atoms with Crippen LogP contribution in [-0.2, 0) is 0 Å². The molecule has 0 aliphatic carbocycles. The molecule has 3 aromatic heterocycles. The van der Waals surface area contributed by atoms with Gasteiger partial charge in [0.1, 0.15) is 11.4 Å². The third kappa shape index (κ3) is 5.02. The van der Waals surface area contributed by atoms with Crippen molar-refractivity contribution in [1.82, 2.24) is 25.5 Å². The van der Waals surface area contributed by atoms with Gasteiger partial charge >= 0.3 is 6.16 Å². The molecule has 0 unspecified atom stereocenters. The Bertz CT molecular complexity index is 1110. The summed E-state index contributed by atoms with van der Waals surface area (Å²) in [7, 11) is 0. The number of aromatic nitrogens is 4. The molecule has 2 N–H and O–H groups in total. The molecule has 10 heteroatoms. The highest BCUT2D eigenvalue weighted by Crippen LogP contribution is 2.32. The van der Waals surface area contributed by atoms with E-state index in [4.69, 9.17) is 14.3 Å². The van der Waals surface area contributed by atoms with E-state index in [2.05, 4.69) is 51.2 Å². The molecule has 32 heavy (non-hydrogen) atoms. The number of carbonyl (C=O) groups is 1. The van der Waals surface area contributed by atoms with Crippen LogP contribution in [0.15, 0.2) is 35.0 Å². The topological polar surface area (TPSA) is 127 Å². The first-order valence-corrected chi connectivity index (χ1v) is 10.4. The Labute approximate surface area is 185 Å². The zero-order valence-electron chi connectivity index (χ0n) is 18.5. The summed E-state index contributed by atoms with van der Waals surface area (Å²) in [6.45, 7) is 9.93. The largest absolute Gasteiger partial charge is 0.511 e. The Balaban J connectivity index is 1.56. The molecule has 1 aliphatic heterocycles. The summed E-state index contributed by atoms with van der Waals surface area (Å²) in [5.74, 6) is 1.77. The van der Waals surface area contributed by atoms with Crippen LogP contribution in [0.3, 0.4) is 0 Å². The number of nitrogens with zero attached hydrogens (tertiary/aromatic N) is 5. The maximum absolute atomic E-state index is 11.2. The first kappa shape index (κ1) is 21.7.